The summed E-state index contributed by atoms with van der Waals surface area (Å²) >= 11 is 0. The summed E-state index contributed by atoms with van der Waals surface area (Å²) < 4.78 is 46.9. The highest BCUT2D eigenvalue weighted by molar-refractivity contribution is 5.82. The lowest BCUT2D eigenvalue weighted by Gasteiger charge is -2.13. The normalized spacial score (nSPS) is 14.8. The first-order valence-electron chi connectivity index (χ1n) is 5.96. The van der Waals surface area contributed by atoms with Crippen LogP contribution in [0.5, 0.6) is 11.5 Å². The summed E-state index contributed by atoms with van der Waals surface area (Å²) in [7, 11) is 2.98. The first-order chi connectivity index (χ1) is 9.35. The lowest BCUT2D eigenvalue weighted by Crippen LogP contribution is -2.43. The number of alkyl halides is 3. The van der Waals surface area contributed by atoms with E-state index in [9.17, 15) is 18.0 Å². The van der Waals surface area contributed by atoms with E-state index >= 15 is 0 Å². The number of methoxy groups -OCH3 is 2. The van der Waals surface area contributed by atoms with E-state index in [1.165, 1.54) is 14.2 Å². The Labute approximate surface area is 113 Å². The molecule has 0 heterocycles. The average Bonchev–Trinajstić information content (AvgIpc) is 2.76. The lowest BCUT2D eigenvalue weighted by atomic mass is 10.1. The smallest absolute Gasteiger partial charge is 0.471 e. The number of amides is 1. The van der Waals surface area contributed by atoms with Crippen LogP contribution >= 0.6 is 0 Å². The number of nitrogens with one attached hydrogen (secondary N) is 1. The van der Waals surface area contributed by atoms with Crippen LogP contribution in [0.25, 0.3) is 0 Å². The molecule has 20 heavy (non-hydrogen) atoms. The summed E-state index contributed by atoms with van der Waals surface area (Å²) in [6, 6.07) is 2.90. The second kappa shape index (κ2) is 5.22. The summed E-state index contributed by atoms with van der Waals surface area (Å²) in [5.74, 6) is -0.864. The zero-order valence-electron chi connectivity index (χ0n) is 11.0. The van der Waals surface area contributed by atoms with Gasteiger partial charge < -0.3 is 14.8 Å². The molecule has 7 heteroatoms. The predicted molar refractivity (Wildman–Crippen MR) is 64.9 cm³/mol. The van der Waals surface area contributed by atoms with Gasteiger partial charge in [0.1, 0.15) is 0 Å². The summed E-state index contributed by atoms with van der Waals surface area (Å²) in [6.07, 6.45) is -4.17. The van der Waals surface area contributed by atoms with Gasteiger partial charge in [0, 0.05) is 6.04 Å². The van der Waals surface area contributed by atoms with E-state index in [1.54, 1.807) is 12.1 Å². The number of fused-ring (bicyclic) bond motifs is 1. The first kappa shape index (κ1) is 14.5. The molecule has 1 aliphatic carbocycles. The molecular weight excluding hydrogens is 275 g/mol. The van der Waals surface area contributed by atoms with Crippen molar-refractivity contribution in [2.45, 2.75) is 25.1 Å². The molecule has 1 N–H and O–H groups in total. The third-order valence-electron chi connectivity index (χ3n) is 3.23. The molecule has 0 unspecified atom stereocenters. The van der Waals surface area contributed by atoms with Crippen LogP contribution in [0.2, 0.25) is 0 Å². The van der Waals surface area contributed by atoms with E-state index < -0.39 is 18.1 Å². The van der Waals surface area contributed by atoms with Gasteiger partial charge in [-0.25, -0.2) is 0 Å². The van der Waals surface area contributed by atoms with Crippen LogP contribution in [0.1, 0.15) is 11.1 Å². The summed E-state index contributed by atoms with van der Waals surface area (Å²) in [5, 5.41) is 2.00. The Morgan fingerprint density at radius 1 is 1.15 bits per heavy atom. The summed E-state index contributed by atoms with van der Waals surface area (Å²) in [6.45, 7) is 0. The van der Waals surface area contributed by atoms with Crippen molar-refractivity contribution in [2.24, 2.45) is 0 Å². The summed E-state index contributed by atoms with van der Waals surface area (Å²) in [5.41, 5.74) is 1.71. The molecule has 1 amide bonds. The lowest BCUT2D eigenvalue weighted by molar-refractivity contribution is -0.174. The molecule has 0 radical (unpaired) electrons. The first-order valence-corrected chi connectivity index (χ1v) is 5.96. The Morgan fingerprint density at radius 3 is 1.95 bits per heavy atom. The number of benzene rings is 1. The van der Waals surface area contributed by atoms with Crippen molar-refractivity contribution >= 4 is 5.91 Å². The third kappa shape index (κ3) is 2.81. The van der Waals surface area contributed by atoms with E-state index in [2.05, 4.69) is 0 Å². The van der Waals surface area contributed by atoms with Gasteiger partial charge in [0.25, 0.3) is 0 Å². The second-order valence-electron chi connectivity index (χ2n) is 4.55. The van der Waals surface area contributed by atoms with Gasteiger partial charge in [-0.05, 0) is 36.1 Å². The van der Waals surface area contributed by atoms with Crippen molar-refractivity contribution in [1.82, 2.24) is 5.32 Å². The van der Waals surface area contributed by atoms with E-state index in [-0.39, 0.29) is 0 Å². The van der Waals surface area contributed by atoms with Crippen molar-refractivity contribution in [1.29, 1.82) is 0 Å². The zero-order chi connectivity index (χ0) is 14.9. The molecule has 1 aromatic carbocycles. The number of rotatable bonds is 3. The van der Waals surface area contributed by atoms with Gasteiger partial charge >= 0.3 is 12.1 Å². The average molecular weight is 289 g/mol. The van der Waals surface area contributed by atoms with Crippen molar-refractivity contribution < 1.29 is 27.4 Å². The minimum Gasteiger partial charge on any atom is -0.493 e. The van der Waals surface area contributed by atoms with Crippen LogP contribution < -0.4 is 14.8 Å². The van der Waals surface area contributed by atoms with Crippen LogP contribution in [0.3, 0.4) is 0 Å². The molecule has 0 saturated heterocycles. The zero-order valence-corrected chi connectivity index (χ0v) is 11.0. The standard InChI is InChI=1S/C13H14F3NO3/c1-19-10-5-7-3-9(17-12(18)13(14,15)16)4-8(7)6-11(10)20-2/h5-6,9H,3-4H2,1-2H3,(H,17,18). The Hall–Kier alpha value is -1.92. The van der Waals surface area contributed by atoms with Gasteiger partial charge in [0.15, 0.2) is 11.5 Å². The van der Waals surface area contributed by atoms with Crippen molar-refractivity contribution in [3.05, 3.63) is 23.3 Å². The van der Waals surface area contributed by atoms with Crippen LogP contribution in [0.15, 0.2) is 12.1 Å². The Morgan fingerprint density at radius 2 is 1.60 bits per heavy atom. The van der Waals surface area contributed by atoms with Crippen molar-refractivity contribution in [3.8, 4) is 11.5 Å². The quantitative estimate of drug-likeness (QED) is 0.924. The van der Waals surface area contributed by atoms with E-state index in [0.717, 1.165) is 11.1 Å². The Kier molecular flexibility index (Phi) is 3.78. The minimum absolute atomic E-state index is 0.345. The molecule has 0 atom stereocenters. The highest BCUT2D eigenvalue weighted by Gasteiger charge is 2.40. The molecule has 2 rings (SSSR count). The van der Waals surface area contributed by atoms with E-state index in [4.69, 9.17) is 9.47 Å². The van der Waals surface area contributed by atoms with Crippen molar-refractivity contribution in [2.75, 3.05) is 14.2 Å². The van der Waals surface area contributed by atoms with Gasteiger partial charge in [0.05, 0.1) is 14.2 Å². The summed E-state index contributed by atoms with van der Waals surface area (Å²) in [4.78, 5) is 10.9. The fourth-order valence-electron chi connectivity index (χ4n) is 2.32. The maximum absolute atomic E-state index is 12.2. The largest absolute Gasteiger partial charge is 0.493 e. The molecule has 110 valence electrons. The Bertz CT molecular complexity index is 495. The number of carbonyl (C=O) groups is 1. The molecule has 1 aliphatic rings. The van der Waals surface area contributed by atoms with Gasteiger partial charge in [0.2, 0.25) is 0 Å². The molecule has 0 bridgehead atoms. The van der Waals surface area contributed by atoms with Crippen LogP contribution in [0.4, 0.5) is 13.2 Å². The van der Waals surface area contributed by atoms with Gasteiger partial charge in [-0.1, -0.05) is 0 Å². The van der Waals surface area contributed by atoms with Crippen LogP contribution in [-0.2, 0) is 17.6 Å². The molecule has 0 saturated carbocycles. The van der Waals surface area contributed by atoms with E-state index in [0.29, 0.717) is 24.3 Å². The molecule has 4 nitrogen and oxygen atoms in total. The van der Waals surface area contributed by atoms with Gasteiger partial charge in [-0.15, -0.1) is 0 Å². The SMILES string of the molecule is COc1cc2c(cc1OC)CC(NC(=O)C(F)(F)F)C2. The molecule has 0 spiro atoms. The van der Waals surface area contributed by atoms with E-state index in [1.807, 2.05) is 5.32 Å². The molecule has 1 aromatic rings. The molecule has 0 aromatic heterocycles. The minimum atomic E-state index is -4.86. The van der Waals surface area contributed by atoms with Crippen molar-refractivity contribution in [3.63, 3.8) is 0 Å². The highest BCUT2D eigenvalue weighted by atomic mass is 19.4. The van der Waals surface area contributed by atoms with Crippen LogP contribution in [0, 0.1) is 0 Å². The van der Waals surface area contributed by atoms with Gasteiger partial charge in [-0.2, -0.15) is 13.2 Å². The number of hydrogen-bond acceptors (Lipinski definition) is 3. The maximum atomic E-state index is 12.2. The second-order valence-corrected chi connectivity index (χ2v) is 4.55. The molecule has 0 aliphatic heterocycles. The molecule has 0 fully saturated rings. The maximum Gasteiger partial charge on any atom is 0.471 e. The topological polar surface area (TPSA) is 47.6 Å². The fraction of sp³-hybridized carbons (Fsp3) is 0.462. The third-order valence-corrected chi connectivity index (χ3v) is 3.23. The monoisotopic (exact) mass is 289 g/mol. The van der Waals surface area contributed by atoms with Crippen LogP contribution in [-0.4, -0.2) is 32.3 Å². The van der Waals surface area contributed by atoms with Gasteiger partial charge in [-0.3, -0.25) is 4.79 Å². The highest BCUT2D eigenvalue weighted by Crippen LogP contribution is 2.35. The Balaban J connectivity index is 2.13. The fourth-order valence-corrected chi connectivity index (χ4v) is 2.32. The number of ether oxygens (including phenoxy) is 2. The number of hydrogen-bond donors (Lipinski definition) is 1. The number of halogens is 3. The molecular formula is C13H14F3NO3. The predicted octanol–water partition coefficient (Wildman–Crippen LogP) is 1.85. The number of carbonyl (C=O) groups excluding carboxylic acids is 1.